The van der Waals surface area contributed by atoms with Gasteiger partial charge in [-0.15, -0.1) is 0 Å². The first kappa shape index (κ1) is 27.8. The van der Waals surface area contributed by atoms with Crippen molar-refractivity contribution in [2.24, 2.45) is 16.1 Å². The number of sulfonamides is 1. The third-order valence-corrected chi connectivity index (χ3v) is 9.68. The zero-order valence-electron chi connectivity index (χ0n) is 22.9. The van der Waals surface area contributed by atoms with E-state index in [4.69, 9.17) is 15.2 Å². The van der Waals surface area contributed by atoms with Gasteiger partial charge in [0.1, 0.15) is 24.7 Å². The number of fused-ring (bicyclic) bond motifs is 2. The summed E-state index contributed by atoms with van der Waals surface area (Å²) in [6, 6.07) is 13.8. The molecule has 1 saturated heterocycles. The van der Waals surface area contributed by atoms with Crippen molar-refractivity contribution in [3.63, 3.8) is 0 Å². The van der Waals surface area contributed by atoms with Crippen molar-refractivity contribution in [1.29, 1.82) is 0 Å². The van der Waals surface area contributed by atoms with Gasteiger partial charge in [0.05, 0.1) is 21.7 Å². The summed E-state index contributed by atoms with van der Waals surface area (Å²) < 4.78 is 54.0. The number of pyridine rings is 1. The van der Waals surface area contributed by atoms with Crippen LogP contribution in [0, 0.1) is 18.2 Å². The van der Waals surface area contributed by atoms with Crippen LogP contribution in [0.25, 0.3) is 0 Å². The first-order valence-corrected chi connectivity index (χ1v) is 15.0. The number of ketones is 1. The second-order valence-corrected chi connectivity index (χ2v) is 12.5. The van der Waals surface area contributed by atoms with Crippen LogP contribution in [-0.2, 0) is 10.0 Å². The molecule has 0 bridgehead atoms. The van der Waals surface area contributed by atoms with E-state index in [2.05, 4.69) is 9.98 Å². The first-order valence-electron chi connectivity index (χ1n) is 13.5. The highest BCUT2D eigenvalue weighted by atomic mass is 32.2. The van der Waals surface area contributed by atoms with Crippen LogP contribution >= 0.6 is 0 Å². The normalized spacial score (nSPS) is 22.5. The lowest BCUT2D eigenvalue weighted by Gasteiger charge is -2.45. The Kier molecular flexibility index (Phi) is 7.15. The number of piperidine rings is 1. The molecule has 42 heavy (non-hydrogen) atoms. The number of ether oxygens (including phenoxy) is 2. The molecule has 0 saturated carbocycles. The van der Waals surface area contributed by atoms with E-state index in [1.165, 1.54) is 34.8 Å². The number of aliphatic imine (C=N–C) groups is 1. The highest BCUT2D eigenvalue weighted by Crippen LogP contribution is 2.48. The van der Waals surface area contributed by atoms with Gasteiger partial charge < -0.3 is 15.2 Å². The number of hydrogen-bond donors (Lipinski definition) is 1. The summed E-state index contributed by atoms with van der Waals surface area (Å²) in [4.78, 5) is 23.4. The number of nitrogens with zero attached hydrogens (tertiary/aromatic N) is 3. The molecular formula is C31H29FN4O5S. The summed E-state index contributed by atoms with van der Waals surface area (Å²) in [7, 11) is -4.02. The van der Waals surface area contributed by atoms with Crippen molar-refractivity contribution in [3.05, 3.63) is 101 Å². The Morgan fingerprint density at radius 1 is 1.10 bits per heavy atom. The van der Waals surface area contributed by atoms with E-state index >= 15 is 0 Å². The van der Waals surface area contributed by atoms with E-state index in [0.717, 1.165) is 11.1 Å². The van der Waals surface area contributed by atoms with Gasteiger partial charge in [0.15, 0.2) is 17.3 Å². The predicted octanol–water partition coefficient (Wildman–Crippen LogP) is 4.51. The quantitative estimate of drug-likeness (QED) is 0.435. The van der Waals surface area contributed by atoms with Gasteiger partial charge >= 0.3 is 0 Å². The SMILES string of the molecule is Cc1ccnc(C(=O)[C@]23CC(=CN)C(=Nc4ccc(F)cc4)C=C2CCN(S(=O)(=O)c2ccc4c(c2)OCCO4)C3)c1. The fourth-order valence-corrected chi connectivity index (χ4v) is 7.18. The summed E-state index contributed by atoms with van der Waals surface area (Å²) in [5, 5.41) is 0. The lowest BCUT2D eigenvalue weighted by atomic mass is 9.64. The number of rotatable bonds is 5. The van der Waals surface area contributed by atoms with Gasteiger partial charge in [-0.3, -0.25) is 9.78 Å². The Balaban J connectivity index is 1.44. The number of aromatic nitrogens is 1. The summed E-state index contributed by atoms with van der Waals surface area (Å²) in [5.74, 6) is 0.179. The van der Waals surface area contributed by atoms with E-state index in [1.54, 1.807) is 36.5 Å². The van der Waals surface area contributed by atoms with Crippen molar-refractivity contribution < 1.29 is 27.1 Å². The van der Waals surface area contributed by atoms with Gasteiger partial charge in [0.2, 0.25) is 10.0 Å². The topological polar surface area (TPSA) is 124 Å². The highest BCUT2D eigenvalue weighted by Gasteiger charge is 2.51. The van der Waals surface area contributed by atoms with Crippen LogP contribution < -0.4 is 15.2 Å². The average molecular weight is 589 g/mol. The number of Topliss-reactive ketones (excluding diaryl/α,β-unsaturated/α-hetero) is 1. The molecule has 3 aromatic rings. The molecule has 2 aromatic carbocycles. The molecule has 0 spiro atoms. The maximum atomic E-state index is 14.4. The molecule has 216 valence electrons. The zero-order chi connectivity index (χ0) is 29.5. The molecule has 3 heterocycles. The van der Waals surface area contributed by atoms with E-state index in [-0.39, 0.29) is 41.7 Å². The second-order valence-electron chi connectivity index (χ2n) is 10.5. The molecule has 3 aliphatic rings. The van der Waals surface area contributed by atoms with Gasteiger partial charge in [-0.2, -0.15) is 4.31 Å². The fraction of sp³-hybridized carbons (Fsp3) is 0.258. The Labute approximate surface area is 243 Å². The number of benzene rings is 2. The van der Waals surface area contributed by atoms with Crippen LogP contribution in [0.5, 0.6) is 11.5 Å². The number of aryl methyl sites for hydroxylation is 1. The van der Waals surface area contributed by atoms with Crippen molar-refractivity contribution in [3.8, 4) is 11.5 Å². The van der Waals surface area contributed by atoms with Gasteiger partial charge in [-0.05, 0) is 91.7 Å². The van der Waals surface area contributed by atoms with Gasteiger partial charge in [0, 0.05) is 25.4 Å². The van der Waals surface area contributed by atoms with E-state index < -0.39 is 15.4 Å². The van der Waals surface area contributed by atoms with E-state index in [0.29, 0.717) is 48.1 Å². The predicted molar refractivity (Wildman–Crippen MR) is 155 cm³/mol. The second kappa shape index (κ2) is 10.8. The maximum Gasteiger partial charge on any atom is 0.243 e. The highest BCUT2D eigenvalue weighted by molar-refractivity contribution is 7.89. The Bertz CT molecular complexity index is 1770. The number of hydrogen-bond acceptors (Lipinski definition) is 8. The smallest absolute Gasteiger partial charge is 0.243 e. The summed E-state index contributed by atoms with van der Waals surface area (Å²) in [6.07, 6.45) is 5.19. The Morgan fingerprint density at radius 2 is 1.86 bits per heavy atom. The summed E-state index contributed by atoms with van der Waals surface area (Å²) in [6.45, 7) is 2.63. The average Bonchev–Trinajstić information content (AvgIpc) is 3.01. The Morgan fingerprint density at radius 3 is 2.60 bits per heavy atom. The molecule has 11 heteroatoms. The molecule has 1 aliphatic carbocycles. The minimum absolute atomic E-state index is 0.0550. The van der Waals surface area contributed by atoms with Crippen LogP contribution in [0.15, 0.2) is 94.1 Å². The molecule has 6 rings (SSSR count). The van der Waals surface area contributed by atoms with Crippen molar-refractivity contribution in [2.75, 3.05) is 26.3 Å². The molecule has 2 N–H and O–H groups in total. The number of allylic oxidation sites excluding steroid dienone is 2. The van der Waals surface area contributed by atoms with Gasteiger partial charge in [-0.25, -0.2) is 17.8 Å². The molecule has 0 unspecified atom stereocenters. The summed E-state index contributed by atoms with van der Waals surface area (Å²) in [5.41, 5.74) is 8.31. The molecule has 0 radical (unpaired) electrons. The molecular weight excluding hydrogens is 559 g/mol. The monoisotopic (exact) mass is 588 g/mol. The molecule has 9 nitrogen and oxygen atoms in total. The molecule has 1 aromatic heterocycles. The van der Waals surface area contributed by atoms with E-state index in [1.807, 2.05) is 13.0 Å². The minimum Gasteiger partial charge on any atom is -0.486 e. The third kappa shape index (κ3) is 4.99. The number of halogens is 1. The molecule has 0 amide bonds. The minimum atomic E-state index is -4.02. The van der Waals surface area contributed by atoms with Crippen LogP contribution in [0.4, 0.5) is 10.1 Å². The number of nitrogens with two attached hydrogens (primary N) is 1. The lowest BCUT2D eigenvalue weighted by Crippen LogP contribution is -2.53. The van der Waals surface area contributed by atoms with Crippen molar-refractivity contribution in [2.45, 2.75) is 24.7 Å². The fourth-order valence-electron chi connectivity index (χ4n) is 5.66. The van der Waals surface area contributed by atoms with Crippen molar-refractivity contribution in [1.82, 2.24) is 9.29 Å². The van der Waals surface area contributed by atoms with Crippen molar-refractivity contribution >= 4 is 27.2 Å². The standard InChI is InChI=1S/C31H29FN4O5S/c1-20-8-10-34-27(14-20)30(37)31-17-21(18-33)26(35-24-4-2-23(32)3-5-24)15-22(31)9-11-36(19-31)42(38,39)25-6-7-28-29(16-25)41-13-12-40-28/h2-8,10,14-16,18H,9,11-13,17,19,33H2,1H3/t31-/m0/s1. The van der Waals surface area contributed by atoms with Gasteiger partial charge in [0.25, 0.3) is 0 Å². The molecule has 1 atom stereocenters. The van der Waals surface area contributed by atoms with Crippen LogP contribution in [-0.4, -0.2) is 55.5 Å². The maximum absolute atomic E-state index is 14.4. The summed E-state index contributed by atoms with van der Waals surface area (Å²) >= 11 is 0. The first-order chi connectivity index (χ1) is 20.2. The van der Waals surface area contributed by atoms with E-state index in [9.17, 15) is 17.6 Å². The lowest BCUT2D eigenvalue weighted by molar-refractivity contribution is 0.0770. The van der Waals surface area contributed by atoms with Crippen LogP contribution in [0.2, 0.25) is 0 Å². The number of carbonyl (C=O) groups is 1. The van der Waals surface area contributed by atoms with Crippen LogP contribution in [0.1, 0.15) is 28.9 Å². The zero-order valence-corrected chi connectivity index (χ0v) is 23.7. The molecule has 1 fully saturated rings. The molecule has 2 aliphatic heterocycles. The third-order valence-electron chi connectivity index (χ3n) is 7.84. The van der Waals surface area contributed by atoms with Crippen LogP contribution in [0.3, 0.4) is 0 Å². The Hall–Kier alpha value is -4.35. The largest absolute Gasteiger partial charge is 0.486 e. The number of carbonyl (C=O) groups excluding carboxylic acids is 1. The van der Waals surface area contributed by atoms with Gasteiger partial charge in [-0.1, -0.05) is 5.57 Å².